The first kappa shape index (κ1) is 14.2. The van der Waals surface area contributed by atoms with Crippen LogP contribution in [-0.2, 0) is 0 Å². The Morgan fingerprint density at radius 2 is 2.26 bits per heavy atom. The van der Waals surface area contributed by atoms with E-state index in [2.05, 4.69) is 0 Å². The van der Waals surface area contributed by atoms with Gasteiger partial charge in [-0.15, -0.1) is 0 Å². The van der Waals surface area contributed by atoms with E-state index < -0.39 is 0 Å². The molecule has 1 atom stereocenters. The molecule has 0 radical (unpaired) electrons. The summed E-state index contributed by atoms with van der Waals surface area (Å²) in [4.78, 5) is 14.2. The van der Waals surface area contributed by atoms with Crippen LogP contribution < -0.4 is 10.5 Å². The molecule has 0 spiro atoms. The molecule has 1 aromatic rings. The number of carbonyl (C=O) groups is 1. The van der Waals surface area contributed by atoms with Crippen LogP contribution in [0.5, 0.6) is 5.75 Å². The molecule has 2 N–H and O–H groups in total. The van der Waals surface area contributed by atoms with Crippen LogP contribution in [0.25, 0.3) is 0 Å². The summed E-state index contributed by atoms with van der Waals surface area (Å²) in [6, 6.07) is 5.19. The Morgan fingerprint density at radius 1 is 1.53 bits per heavy atom. The average molecular weight is 283 g/mol. The molecule has 0 bridgehead atoms. The van der Waals surface area contributed by atoms with Gasteiger partial charge in [-0.3, -0.25) is 4.79 Å². The topological polar surface area (TPSA) is 55.6 Å². The van der Waals surface area contributed by atoms with Gasteiger partial charge in [-0.2, -0.15) is 0 Å². The minimum atomic E-state index is -0.0638. The van der Waals surface area contributed by atoms with Crippen molar-refractivity contribution in [1.82, 2.24) is 4.90 Å². The Morgan fingerprint density at radius 3 is 2.84 bits per heavy atom. The van der Waals surface area contributed by atoms with Gasteiger partial charge in [0.1, 0.15) is 5.75 Å². The van der Waals surface area contributed by atoms with Crippen LogP contribution in [-0.4, -0.2) is 36.0 Å². The van der Waals surface area contributed by atoms with Crippen LogP contribution in [0.2, 0.25) is 5.02 Å². The lowest BCUT2D eigenvalue weighted by molar-refractivity contribution is 0.0784. The zero-order valence-electron chi connectivity index (χ0n) is 11.2. The fourth-order valence-electron chi connectivity index (χ4n) is 2.17. The highest BCUT2D eigenvalue weighted by atomic mass is 35.5. The molecular weight excluding hydrogens is 264 g/mol. The molecule has 1 aliphatic heterocycles. The van der Waals surface area contributed by atoms with Crippen LogP contribution in [0.3, 0.4) is 0 Å². The predicted molar refractivity (Wildman–Crippen MR) is 75.7 cm³/mol. The zero-order valence-corrected chi connectivity index (χ0v) is 12.0. The Hall–Kier alpha value is -1.26. The molecule has 1 saturated heterocycles. The number of carbonyl (C=O) groups excluding carboxylic acids is 1. The number of likely N-dealkylation sites (tertiary alicyclic amines) is 1. The van der Waals surface area contributed by atoms with E-state index in [0.29, 0.717) is 29.4 Å². The highest BCUT2D eigenvalue weighted by molar-refractivity contribution is 6.31. The molecule has 0 aromatic heterocycles. The van der Waals surface area contributed by atoms with E-state index in [0.717, 1.165) is 6.42 Å². The monoisotopic (exact) mass is 282 g/mol. The van der Waals surface area contributed by atoms with E-state index in [-0.39, 0.29) is 18.1 Å². The molecule has 2 rings (SSSR count). The molecule has 0 saturated carbocycles. The van der Waals surface area contributed by atoms with Crippen molar-refractivity contribution >= 4 is 17.5 Å². The van der Waals surface area contributed by atoms with Gasteiger partial charge in [-0.1, -0.05) is 11.6 Å². The Balaban J connectivity index is 2.26. The zero-order chi connectivity index (χ0) is 14.0. The third-order valence-corrected chi connectivity index (χ3v) is 3.28. The van der Waals surface area contributed by atoms with Crippen molar-refractivity contribution in [2.24, 2.45) is 5.73 Å². The number of amides is 1. The molecule has 1 aromatic carbocycles. The van der Waals surface area contributed by atoms with Crippen LogP contribution in [0, 0.1) is 0 Å². The van der Waals surface area contributed by atoms with Crippen molar-refractivity contribution in [2.45, 2.75) is 32.4 Å². The number of rotatable bonds is 3. The van der Waals surface area contributed by atoms with Gasteiger partial charge in [0.05, 0.1) is 11.7 Å². The normalized spacial score (nSPS) is 19.0. The minimum absolute atomic E-state index is 0.00793. The van der Waals surface area contributed by atoms with Crippen LogP contribution in [0.1, 0.15) is 30.6 Å². The summed E-state index contributed by atoms with van der Waals surface area (Å²) in [5.74, 6) is 0.510. The standard InChI is InChI=1S/C14H19ClN2O2/c1-9(2)19-13-4-3-10(15)7-12(13)14(18)17-6-5-11(16)8-17/h3-4,7,9,11H,5-6,8,16H2,1-2H3/t11-/m0/s1. The largest absolute Gasteiger partial charge is 0.490 e. The van der Waals surface area contributed by atoms with Gasteiger partial charge in [0.15, 0.2) is 0 Å². The fraction of sp³-hybridized carbons (Fsp3) is 0.500. The summed E-state index contributed by atoms with van der Waals surface area (Å²) in [7, 11) is 0. The first-order valence-corrected chi connectivity index (χ1v) is 6.86. The van der Waals surface area contributed by atoms with Gasteiger partial charge < -0.3 is 15.4 Å². The molecule has 1 fully saturated rings. The molecule has 4 nitrogen and oxygen atoms in total. The molecule has 19 heavy (non-hydrogen) atoms. The number of nitrogens with zero attached hydrogens (tertiary/aromatic N) is 1. The summed E-state index contributed by atoms with van der Waals surface area (Å²) in [5.41, 5.74) is 6.35. The van der Waals surface area contributed by atoms with E-state index in [9.17, 15) is 4.79 Å². The Kier molecular flexibility index (Phi) is 4.32. The highest BCUT2D eigenvalue weighted by Crippen LogP contribution is 2.26. The van der Waals surface area contributed by atoms with Gasteiger partial charge in [-0.25, -0.2) is 0 Å². The summed E-state index contributed by atoms with van der Waals surface area (Å²) < 4.78 is 5.67. The molecule has 1 heterocycles. The van der Waals surface area contributed by atoms with E-state index >= 15 is 0 Å². The number of hydrogen-bond donors (Lipinski definition) is 1. The molecule has 1 aliphatic rings. The van der Waals surface area contributed by atoms with Crippen molar-refractivity contribution in [2.75, 3.05) is 13.1 Å². The van der Waals surface area contributed by atoms with Crippen molar-refractivity contribution in [3.8, 4) is 5.75 Å². The lowest BCUT2D eigenvalue weighted by Gasteiger charge is -2.19. The average Bonchev–Trinajstić information content (AvgIpc) is 2.77. The van der Waals surface area contributed by atoms with Gasteiger partial charge in [0.25, 0.3) is 5.91 Å². The van der Waals surface area contributed by atoms with Gasteiger partial charge in [0, 0.05) is 24.2 Å². The fourth-order valence-corrected chi connectivity index (χ4v) is 2.34. The van der Waals surface area contributed by atoms with Crippen molar-refractivity contribution in [3.63, 3.8) is 0 Å². The van der Waals surface area contributed by atoms with Gasteiger partial charge >= 0.3 is 0 Å². The SMILES string of the molecule is CC(C)Oc1ccc(Cl)cc1C(=O)N1CC[C@H](N)C1. The van der Waals surface area contributed by atoms with Gasteiger partial charge in [-0.05, 0) is 38.5 Å². The van der Waals surface area contributed by atoms with Crippen LogP contribution in [0.15, 0.2) is 18.2 Å². The lowest BCUT2D eigenvalue weighted by Crippen LogP contribution is -2.32. The summed E-state index contributed by atoms with van der Waals surface area (Å²) in [5, 5.41) is 0.531. The second-order valence-corrected chi connectivity index (χ2v) is 5.54. The van der Waals surface area contributed by atoms with Crippen molar-refractivity contribution in [1.29, 1.82) is 0 Å². The smallest absolute Gasteiger partial charge is 0.257 e. The van der Waals surface area contributed by atoms with Crippen molar-refractivity contribution < 1.29 is 9.53 Å². The maximum atomic E-state index is 12.5. The molecule has 0 unspecified atom stereocenters. The Bertz CT molecular complexity index is 477. The molecular formula is C14H19ClN2O2. The Labute approximate surface area is 118 Å². The maximum Gasteiger partial charge on any atom is 0.257 e. The van der Waals surface area contributed by atoms with E-state index in [1.165, 1.54) is 0 Å². The number of benzene rings is 1. The van der Waals surface area contributed by atoms with E-state index in [1.54, 1.807) is 23.1 Å². The minimum Gasteiger partial charge on any atom is -0.490 e. The summed E-state index contributed by atoms with van der Waals surface area (Å²) >= 11 is 5.98. The quantitative estimate of drug-likeness (QED) is 0.925. The maximum absolute atomic E-state index is 12.5. The lowest BCUT2D eigenvalue weighted by atomic mass is 10.1. The molecule has 1 amide bonds. The molecule has 5 heteroatoms. The number of halogens is 1. The number of ether oxygens (including phenoxy) is 1. The van der Waals surface area contributed by atoms with E-state index in [1.807, 2.05) is 13.8 Å². The third kappa shape index (κ3) is 3.39. The highest BCUT2D eigenvalue weighted by Gasteiger charge is 2.26. The second kappa shape index (κ2) is 5.80. The molecule has 0 aliphatic carbocycles. The van der Waals surface area contributed by atoms with E-state index in [4.69, 9.17) is 22.1 Å². The third-order valence-electron chi connectivity index (χ3n) is 3.05. The second-order valence-electron chi connectivity index (χ2n) is 5.11. The summed E-state index contributed by atoms with van der Waals surface area (Å²) in [6.45, 7) is 5.13. The van der Waals surface area contributed by atoms with Crippen LogP contribution in [0.4, 0.5) is 0 Å². The number of hydrogen-bond acceptors (Lipinski definition) is 3. The molecule has 104 valence electrons. The van der Waals surface area contributed by atoms with Gasteiger partial charge in [0.2, 0.25) is 0 Å². The first-order chi connectivity index (χ1) is 8.97. The number of nitrogens with two attached hydrogens (primary N) is 1. The predicted octanol–water partition coefficient (Wildman–Crippen LogP) is 2.30. The first-order valence-electron chi connectivity index (χ1n) is 6.48. The van der Waals surface area contributed by atoms with Crippen LogP contribution >= 0.6 is 11.6 Å². The summed E-state index contributed by atoms with van der Waals surface area (Å²) in [6.07, 6.45) is 0.848. The van der Waals surface area contributed by atoms with Crippen molar-refractivity contribution in [3.05, 3.63) is 28.8 Å².